The molecule has 0 radical (unpaired) electrons. The van der Waals surface area contributed by atoms with Gasteiger partial charge in [0, 0.05) is 26.1 Å². The molecule has 1 aromatic rings. The molecule has 0 bridgehead atoms. The van der Waals surface area contributed by atoms with Crippen LogP contribution in [-0.2, 0) is 14.3 Å². The van der Waals surface area contributed by atoms with Crippen molar-refractivity contribution >= 4 is 17.5 Å². The van der Waals surface area contributed by atoms with E-state index >= 15 is 0 Å². The van der Waals surface area contributed by atoms with Gasteiger partial charge in [-0.1, -0.05) is 12.1 Å². The zero-order valence-electron chi connectivity index (χ0n) is 12.1. The van der Waals surface area contributed by atoms with Gasteiger partial charge in [-0.15, -0.1) is 0 Å². The Labute approximate surface area is 123 Å². The molecule has 1 heterocycles. The Balaban J connectivity index is 2.03. The van der Waals surface area contributed by atoms with Crippen LogP contribution in [0.3, 0.4) is 0 Å². The lowest BCUT2D eigenvalue weighted by Gasteiger charge is -2.18. The third kappa shape index (κ3) is 3.58. The van der Waals surface area contributed by atoms with E-state index in [0.717, 1.165) is 0 Å². The largest absolute Gasteiger partial charge is 0.383 e. The SMILES string of the molecule is COC[C@H](C)NC(=O)[C@H]1CC(=O)N(c2ccccc2F)C1. The van der Waals surface area contributed by atoms with Crippen LogP contribution in [0.2, 0.25) is 0 Å². The molecule has 0 spiro atoms. The van der Waals surface area contributed by atoms with E-state index in [1.807, 2.05) is 6.92 Å². The van der Waals surface area contributed by atoms with Gasteiger partial charge in [0.15, 0.2) is 0 Å². The summed E-state index contributed by atoms with van der Waals surface area (Å²) in [4.78, 5) is 25.4. The fraction of sp³-hybridized carbons (Fsp3) is 0.467. The van der Waals surface area contributed by atoms with E-state index in [4.69, 9.17) is 4.74 Å². The van der Waals surface area contributed by atoms with Gasteiger partial charge in [0.05, 0.1) is 18.2 Å². The molecule has 2 atom stereocenters. The first kappa shape index (κ1) is 15.4. The van der Waals surface area contributed by atoms with Crippen molar-refractivity contribution in [2.75, 3.05) is 25.2 Å². The number of anilines is 1. The van der Waals surface area contributed by atoms with Crippen molar-refractivity contribution in [3.63, 3.8) is 0 Å². The van der Waals surface area contributed by atoms with Gasteiger partial charge in [0.2, 0.25) is 11.8 Å². The van der Waals surface area contributed by atoms with Crippen molar-refractivity contribution in [2.24, 2.45) is 5.92 Å². The Morgan fingerprint density at radius 3 is 2.90 bits per heavy atom. The summed E-state index contributed by atoms with van der Waals surface area (Å²) in [7, 11) is 1.56. The van der Waals surface area contributed by atoms with Crippen molar-refractivity contribution in [3.05, 3.63) is 30.1 Å². The second-order valence-corrected chi connectivity index (χ2v) is 5.22. The van der Waals surface area contributed by atoms with E-state index in [0.29, 0.717) is 6.61 Å². The first-order chi connectivity index (χ1) is 10.0. The molecule has 5 nitrogen and oxygen atoms in total. The standard InChI is InChI=1S/C15H19FN2O3/c1-10(9-21-2)17-15(20)11-7-14(19)18(8-11)13-6-4-3-5-12(13)16/h3-6,10-11H,7-9H2,1-2H3,(H,17,20)/t10-,11-/m0/s1. The number of nitrogens with zero attached hydrogens (tertiary/aromatic N) is 1. The van der Waals surface area contributed by atoms with Gasteiger partial charge < -0.3 is 15.0 Å². The van der Waals surface area contributed by atoms with Crippen LogP contribution in [0.1, 0.15) is 13.3 Å². The first-order valence-corrected chi connectivity index (χ1v) is 6.87. The molecular formula is C15H19FN2O3. The quantitative estimate of drug-likeness (QED) is 0.891. The molecule has 1 aromatic carbocycles. The minimum absolute atomic E-state index is 0.0971. The molecule has 6 heteroatoms. The van der Waals surface area contributed by atoms with Gasteiger partial charge >= 0.3 is 0 Å². The van der Waals surface area contributed by atoms with Crippen LogP contribution in [0.4, 0.5) is 10.1 Å². The van der Waals surface area contributed by atoms with Crippen molar-refractivity contribution in [1.29, 1.82) is 0 Å². The highest BCUT2D eigenvalue weighted by Crippen LogP contribution is 2.27. The van der Waals surface area contributed by atoms with E-state index in [2.05, 4.69) is 5.32 Å². The smallest absolute Gasteiger partial charge is 0.227 e. The van der Waals surface area contributed by atoms with Gasteiger partial charge in [0.1, 0.15) is 5.82 Å². The second kappa shape index (κ2) is 6.67. The second-order valence-electron chi connectivity index (χ2n) is 5.22. The molecule has 21 heavy (non-hydrogen) atoms. The Hall–Kier alpha value is -1.95. The average molecular weight is 294 g/mol. The number of carbonyl (C=O) groups is 2. The third-order valence-corrected chi connectivity index (χ3v) is 3.44. The minimum atomic E-state index is -0.462. The van der Waals surface area contributed by atoms with Crippen LogP contribution < -0.4 is 10.2 Å². The number of ether oxygens (including phenoxy) is 1. The summed E-state index contributed by atoms with van der Waals surface area (Å²) in [5.41, 5.74) is 0.225. The number of nitrogens with one attached hydrogen (secondary N) is 1. The minimum Gasteiger partial charge on any atom is -0.383 e. The van der Waals surface area contributed by atoms with Crippen molar-refractivity contribution < 1.29 is 18.7 Å². The number of methoxy groups -OCH3 is 1. The maximum Gasteiger partial charge on any atom is 0.227 e. The maximum atomic E-state index is 13.7. The normalized spacial score (nSPS) is 19.7. The predicted molar refractivity (Wildman–Crippen MR) is 76.3 cm³/mol. The van der Waals surface area contributed by atoms with Crippen LogP contribution in [0.5, 0.6) is 0 Å². The Morgan fingerprint density at radius 1 is 1.52 bits per heavy atom. The Morgan fingerprint density at radius 2 is 2.24 bits per heavy atom. The van der Waals surface area contributed by atoms with Crippen LogP contribution in [-0.4, -0.2) is 38.1 Å². The molecule has 0 unspecified atom stereocenters. The summed E-state index contributed by atoms with van der Waals surface area (Å²) < 4.78 is 18.7. The number of halogens is 1. The molecule has 2 amide bonds. The van der Waals surface area contributed by atoms with Crippen molar-refractivity contribution in [3.8, 4) is 0 Å². The van der Waals surface area contributed by atoms with Crippen LogP contribution >= 0.6 is 0 Å². The lowest BCUT2D eigenvalue weighted by Crippen LogP contribution is -2.40. The number of carbonyl (C=O) groups excluding carboxylic acids is 2. The molecule has 1 aliphatic heterocycles. The number of hydrogen-bond donors (Lipinski definition) is 1. The summed E-state index contributed by atoms with van der Waals surface area (Å²) in [6.07, 6.45) is 0.0971. The van der Waals surface area contributed by atoms with Gasteiger partial charge in [-0.2, -0.15) is 0 Å². The fourth-order valence-corrected chi connectivity index (χ4v) is 2.44. The zero-order valence-corrected chi connectivity index (χ0v) is 12.1. The molecule has 0 aromatic heterocycles. The lowest BCUT2D eigenvalue weighted by molar-refractivity contribution is -0.127. The van der Waals surface area contributed by atoms with E-state index < -0.39 is 11.7 Å². The molecule has 2 rings (SSSR count). The molecule has 1 fully saturated rings. The van der Waals surface area contributed by atoms with Crippen molar-refractivity contribution in [1.82, 2.24) is 5.32 Å². The zero-order chi connectivity index (χ0) is 15.4. The lowest BCUT2D eigenvalue weighted by atomic mass is 10.1. The van der Waals surface area contributed by atoms with E-state index in [9.17, 15) is 14.0 Å². The number of para-hydroxylation sites is 1. The maximum absolute atomic E-state index is 13.7. The Kier molecular flexibility index (Phi) is 4.90. The van der Waals surface area contributed by atoms with E-state index in [1.165, 1.54) is 11.0 Å². The van der Waals surface area contributed by atoms with E-state index in [-0.39, 0.29) is 36.5 Å². The molecule has 1 aliphatic rings. The predicted octanol–water partition coefficient (Wildman–Crippen LogP) is 1.33. The molecule has 1 N–H and O–H groups in total. The van der Waals surface area contributed by atoms with Crippen LogP contribution in [0.15, 0.2) is 24.3 Å². The van der Waals surface area contributed by atoms with Crippen molar-refractivity contribution in [2.45, 2.75) is 19.4 Å². The number of hydrogen-bond acceptors (Lipinski definition) is 3. The number of benzene rings is 1. The summed E-state index contributed by atoms with van der Waals surface area (Å²) >= 11 is 0. The summed E-state index contributed by atoms with van der Waals surface area (Å²) in [5.74, 6) is -1.36. The van der Waals surface area contributed by atoms with Gasteiger partial charge in [-0.3, -0.25) is 9.59 Å². The fourth-order valence-electron chi connectivity index (χ4n) is 2.44. The third-order valence-electron chi connectivity index (χ3n) is 3.44. The van der Waals surface area contributed by atoms with E-state index in [1.54, 1.807) is 25.3 Å². The summed E-state index contributed by atoms with van der Waals surface area (Å²) in [6, 6.07) is 5.95. The highest BCUT2D eigenvalue weighted by Gasteiger charge is 2.36. The molecular weight excluding hydrogens is 275 g/mol. The average Bonchev–Trinajstić information content (AvgIpc) is 2.81. The van der Waals surface area contributed by atoms with Gasteiger partial charge in [0.25, 0.3) is 0 Å². The summed E-state index contributed by atoms with van der Waals surface area (Å²) in [6.45, 7) is 2.43. The van der Waals surface area contributed by atoms with Crippen LogP contribution in [0.25, 0.3) is 0 Å². The summed E-state index contributed by atoms with van der Waals surface area (Å²) in [5, 5.41) is 2.79. The van der Waals surface area contributed by atoms with Crippen LogP contribution in [0, 0.1) is 11.7 Å². The highest BCUT2D eigenvalue weighted by atomic mass is 19.1. The van der Waals surface area contributed by atoms with Gasteiger partial charge in [-0.05, 0) is 19.1 Å². The highest BCUT2D eigenvalue weighted by molar-refractivity contribution is 6.00. The monoisotopic (exact) mass is 294 g/mol. The number of amides is 2. The number of rotatable bonds is 5. The molecule has 1 saturated heterocycles. The Bertz CT molecular complexity index is 535. The molecule has 0 saturated carbocycles. The topological polar surface area (TPSA) is 58.6 Å². The van der Waals surface area contributed by atoms with Gasteiger partial charge in [-0.25, -0.2) is 4.39 Å². The molecule has 114 valence electrons. The molecule has 0 aliphatic carbocycles. The first-order valence-electron chi connectivity index (χ1n) is 6.87.